The van der Waals surface area contributed by atoms with Crippen LogP contribution in [0.2, 0.25) is 0 Å². The fourth-order valence-electron chi connectivity index (χ4n) is 0.952. The normalized spacial score (nSPS) is 14.4. The van der Waals surface area contributed by atoms with Gasteiger partial charge in [-0.05, 0) is 19.1 Å². The molecule has 0 bridgehead atoms. The molecule has 0 saturated carbocycles. The number of carbonyl (C=O) groups excluding carboxylic acids is 1. The zero-order valence-electron chi connectivity index (χ0n) is 9.03. The van der Waals surface area contributed by atoms with E-state index in [1.165, 1.54) is 23.9 Å². The predicted molar refractivity (Wildman–Crippen MR) is 67.0 cm³/mol. The van der Waals surface area contributed by atoms with Gasteiger partial charge in [0.15, 0.2) is 0 Å². The first-order valence-corrected chi connectivity index (χ1v) is 7.09. The average molecular weight is 273 g/mol. The van der Waals surface area contributed by atoms with E-state index in [0.717, 1.165) is 5.56 Å². The molecular weight excluding hydrogens is 262 g/mol. The average Bonchev–Trinajstić information content (AvgIpc) is 2.69. The van der Waals surface area contributed by atoms with E-state index < -0.39 is 10.1 Å². The van der Waals surface area contributed by atoms with E-state index in [0.29, 0.717) is 5.75 Å². The molecule has 0 fully saturated rings. The lowest BCUT2D eigenvalue weighted by atomic mass is 10.2. The van der Waals surface area contributed by atoms with Gasteiger partial charge in [-0.3, -0.25) is 9.35 Å². The standard InChI is InChI=1S/C7H8O3S.C3H3NOS/c1-6-2-4-7(5-3-6)11(8,9)10;5-3-1-6-2-4-3/h2-5H,1H3,(H,8,9,10);2H,1H2. The largest absolute Gasteiger partial charge is 0.294 e. The third-order valence-corrected chi connectivity index (χ3v) is 3.33. The molecule has 1 aliphatic heterocycles. The molecule has 2 rings (SSSR count). The van der Waals surface area contributed by atoms with Crippen LogP contribution in [0, 0.1) is 6.92 Å². The number of thioether (sulfide) groups is 1. The maximum absolute atomic E-state index is 10.5. The van der Waals surface area contributed by atoms with Crippen LogP contribution in [0.25, 0.3) is 0 Å². The van der Waals surface area contributed by atoms with Crippen molar-refractivity contribution >= 4 is 33.3 Å². The van der Waals surface area contributed by atoms with Crippen molar-refractivity contribution in [1.29, 1.82) is 0 Å². The number of nitrogens with zero attached hydrogens (tertiary/aromatic N) is 1. The number of hydrogen-bond acceptors (Lipinski definition) is 4. The van der Waals surface area contributed by atoms with Crippen LogP contribution in [0.15, 0.2) is 34.2 Å². The van der Waals surface area contributed by atoms with Gasteiger partial charge < -0.3 is 0 Å². The highest BCUT2D eigenvalue weighted by molar-refractivity contribution is 8.13. The van der Waals surface area contributed by atoms with Crippen molar-refractivity contribution in [3.8, 4) is 0 Å². The second-order valence-corrected chi connectivity index (χ2v) is 5.48. The first-order chi connectivity index (χ1) is 7.89. The smallest absolute Gasteiger partial charge is 0.282 e. The summed E-state index contributed by atoms with van der Waals surface area (Å²) >= 11 is 1.44. The molecule has 17 heavy (non-hydrogen) atoms. The highest BCUT2D eigenvalue weighted by Crippen LogP contribution is 2.08. The Morgan fingerprint density at radius 2 is 1.88 bits per heavy atom. The Labute approximate surface area is 104 Å². The van der Waals surface area contributed by atoms with E-state index in [1.807, 2.05) is 6.92 Å². The highest BCUT2D eigenvalue weighted by atomic mass is 32.2. The van der Waals surface area contributed by atoms with Gasteiger partial charge in [-0.15, -0.1) is 11.8 Å². The van der Waals surface area contributed by atoms with Gasteiger partial charge in [0.2, 0.25) is 0 Å². The van der Waals surface area contributed by atoms with Crippen LogP contribution in [0.5, 0.6) is 0 Å². The summed E-state index contributed by atoms with van der Waals surface area (Å²) in [6.45, 7) is 1.84. The lowest BCUT2D eigenvalue weighted by Crippen LogP contribution is -1.96. The summed E-state index contributed by atoms with van der Waals surface area (Å²) in [6, 6.07) is 5.99. The molecule has 0 aromatic heterocycles. The number of hydrogen-bond donors (Lipinski definition) is 1. The molecule has 0 atom stereocenters. The Morgan fingerprint density at radius 3 is 2.18 bits per heavy atom. The van der Waals surface area contributed by atoms with Gasteiger partial charge in [-0.1, -0.05) is 17.7 Å². The molecule has 1 N–H and O–H groups in total. The van der Waals surface area contributed by atoms with Crippen LogP contribution < -0.4 is 0 Å². The van der Waals surface area contributed by atoms with E-state index in [-0.39, 0.29) is 10.8 Å². The van der Waals surface area contributed by atoms with E-state index in [2.05, 4.69) is 4.99 Å². The summed E-state index contributed by atoms with van der Waals surface area (Å²) in [5.41, 5.74) is 2.53. The lowest BCUT2D eigenvalue weighted by molar-refractivity contribution is -0.115. The SMILES string of the molecule is Cc1ccc(S(=O)(=O)O)cc1.O=C1CSC=N1. The maximum atomic E-state index is 10.5. The molecule has 0 saturated heterocycles. The summed E-state index contributed by atoms with van der Waals surface area (Å²) in [4.78, 5) is 13.4. The summed E-state index contributed by atoms with van der Waals surface area (Å²) in [6.07, 6.45) is 0. The summed E-state index contributed by atoms with van der Waals surface area (Å²) < 4.78 is 29.6. The molecule has 1 heterocycles. The van der Waals surface area contributed by atoms with Gasteiger partial charge >= 0.3 is 0 Å². The van der Waals surface area contributed by atoms with Crippen molar-refractivity contribution in [3.05, 3.63) is 29.8 Å². The van der Waals surface area contributed by atoms with E-state index in [4.69, 9.17) is 4.55 Å². The second-order valence-electron chi connectivity index (χ2n) is 3.23. The number of aliphatic imine (C=N–C) groups is 1. The minimum absolute atomic E-state index is 0.0139. The van der Waals surface area contributed by atoms with Gasteiger partial charge in [-0.2, -0.15) is 8.42 Å². The van der Waals surface area contributed by atoms with Crippen molar-refractivity contribution in [2.75, 3.05) is 5.75 Å². The molecule has 0 spiro atoms. The molecule has 0 radical (unpaired) electrons. The van der Waals surface area contributed by atoms with Crippen molar-refractivity contribution in [2.45, 2.75) is 11.8 Å². The number of rotatable bonds is 1. The summed E-state index contributed by atoms with van der Waals surface area (Å²) in [7, 11) is -4.02. The number of carbonyl (C=O) groups is 1. The Morgan fingerprint density at radius 1 is 1.29 bits per heavy atom. The third kappa shape index (κ3) is 5.12. The first kappa shape index (κ1) is 13.9. The highest BCUT2D eigenvalue weighted by Gasteiger charge is 2.06. The van der Waals surface area contributed by atoms with Gasteiger partial charge in [0.1, 0.15) is 0 Å². The van der Waals surface area contributed by atoms with Crippen molar-refractivity contribution in [3.63, 3.8) is 0 Å². The Hall–Kier alpha value is -1.18. The van der Waals surface area contributed by atoms with Crippen LogP contribution in [0.4, 0.5) is 0 Å². The molecule has 0 unspecified atom stereocenters. The van der Waals surface area contributed by atoms with Crippen LogP contribution in [-0.4, -0.2) is 30.2 Å². The molecule has 1 aliphatic rings. The van der Waals surface area contributed by atoms with Gasteiger partial charge in [0.25, 0.3) is 16.0 Å². The molecule has 1 aromatic carbocycles. The van der Waals surface area contributed by atoms with E-state index in [9.17, 15) is 13.2 Å². The Balaban J connectivity index is 0.000000202. The van der Waals surface area contributed by atoms with Crippen LogP contribution >= 0.6 is 11.8 Å². The fraction of sp³-hybridized carbons (Fsp3) is 0.200. The third-order valence-electron chi connectivity index (χ3n) is 1.80. The molecule has 0 aliphatic carbocycles. The summed E-state index contributed by atoms with van der Waals surface area (Å²) in [5.74, 6) is 0.528. The monoisotopic (exact) mass is 273 g/mol. The molecular formula is C10H11NO4S2. The number of benzene rings is 1. The number of aryl methyl sites for hydroxylation is 1. The minimum atomic E-state index is -4.02. The zero-order chi connectivity index (χ0) is 12.9. The molecule has 5 nitrogen and oxygen atoms in total. The number of amides is 1. The van der Waals surface area contributed by atoms with Gasteiger partial charge in [0, 0.05) is 0 Å². The summed E-state index contributed by atoms with van der Waals surface area (Å²) in [5, 5.41) is 0. The van der Waals surface area contributed by atoms with Crippen molar-refractivity contribution in [2.24, 2.45) is 4.99 Å². The van der Waals surface area contributed by atoms with Gasteiger partial charge in [-0.25, -0.2) is 4.99 Å². The quantitative estimate of drug-likeness (QED) is 0.784. The minimum Gasteiger partial charge on any atom is -0.282 e. The Bertz CT molecular complexity index is 520. The second kappa shape index (κ2) is 5.95. The molecule has 1 amide bonds. The van der Waals surface area contributed by atoms with Crippen molar-refractivity contribution < 1.29 is 17.8 Å². The maximum Gasteiger partial charge on any atom is 0.294 e. The van der Waals surface area contributed by atoms with E-state index >= 15 is 0 Å². The van der Waals surface area contributed by atoms with E-state index in [1.54, 1.807) is 17.7 Å². The first-order valence-electron chi connectivity index (χ1n) is 4.61. The Kier molecular flexibility index (Phi) is 4.86. The topological polar surface area (TPSA) is 83.8 Å². The zero-order valence-corrected chi connectivity index (χ0v) is 10.7. The molecule has 92 valence electrons. The molecule has 1 aromatic rings. The van der Waals surface area contributed by atoms with Gasteiger partial charge in [0.05, 0.1) is 16.2 Å². The lowest BCUT2D eigenvalue weighted by Gasteiger charge is -1.95. The fourth-order valence-corrected chi connectivity index (χ4v) is 1.92. The van der Waals surface area contributed by atoms with Crippen molar-refractivity contribution in [1.82, 2.24) is 0 Å². The van der Waals surface area contributed by atoms with Crippen LogP contribution in [0.1, 0.15) is 5.56 Å². The molecule has 7 heteroatoms. The van der Waals surface area contributed by atoms with Crippen LogP contribution in [-0.2, 0) is 14.9 Å². The predicted octanol–water partition coefficient (Wildman–Crippen LogP) is 1.53. The van der Waals surface area contributed by atoms with Crippen LogP contribution in [0.3, 0.4) is 0 Å².